The standard InChI is InChI=1S/C16H14Cl2O2/c1-2-14(19)11-8-12(17)15(13(18)9-11)16(20)10-6-4-3-5-7-10/h3-9,14,19H,2H2,1H3/t14-/m1/s1. The third-order valence-electron chi connectivity index (χ3n) is 3.10. The van der Waals surface area contributed by atoms with Crippen molar-refractivity contribution in [1.82, 2.24) is 0 Å². The van der Waals surface area contributed by atoms with Crippen LogP contribution in [0.3, 0.4) is 0 Å². The minimum atomic E-state index is -0.633. The molecule has 0 saturated carbocycles. The summed E-state index contributed by atoms with van der Waals surface area (Å²) in [6.07, 6.45) is -0.0792. The maximum absolute atomic E-state index is 12.4. The predicted molar refractivity (Wildman–Crippen MR) is 81.6 cm³/mol. The van der Waals surface area contributed by atoms with E-state index >= 15 is 0 Å². The minimum absolute atomic E-state index is 0.224. The molecule has 0 saturated heterocycles. The van der Waals surface area contributed by atoms with E-state index in [4.69, 9.17) is 23.2 Å². The van der Waals surface area contributed by atoms with E-state index in [1.54, 1.807) is 36.4 Å². The van der Waals surface area contributed by atoms with Gasteiger partial charge in [-0.15, -0.1) is 0 Å². The Hall–Kier alpha value is -1.35. The second-order valence-corrected chi connectivity index (χ2v) is 5.29. The van der Waals surface area contributed by atoms with Gasteiger partial charge in [-0.25, -0.2) is 0 Å². The van der Waals surface area contributed by atoms with Crippen molar-refractivity contribution >= 4 is 29.0 Å². The molecule has 0 aliphatic heterocycles. The van der Waals surface area contributed by atoms with E-state index in [2.05, 4.69) is 0 Å². The summed E-state index contributed by atoms with van der Waals surface area (Å²) in [4.78, 5) is 12.4. The fourth-order valence-corrected chi connectivity index (χ4v) is 2.65. The zero-order valence-corrected chi connectivity index (χ0v) is 12.4. The Morgan fingerprint density at radius 1 is 1.15 bits per heavy atom. The highest BCUT2D eigenvalue weighted by Crippen LogP contribution is 2.31. The normalized spacial score (nSPS) is 12.2. The smallest absolute Gasteiger partial charge is 0.196 e. The number of carbonyl (C=O) groups excluding carboxylic acids is 1. The van der Waals surface area contributed by atoms with Gasteiger partial charge in [0.2, 0.25) is 0 Å². The van der Waals surface area contributed by atoms with E-state index in [0.29, 0.717) is 17.5 Å². The summed E-state index contributed by atoms with van der Waals surface area (Å²) in [6.45, 7) is 1.86. The molecule has 0 radical (unpaired) electrons. The van der Waals surface area contributed by atoms with Crippen LogP contribution in [0.15, 0.2) is 42.5 Å². The van der Waals surface area contributed by atoms with E-state index in [1.165, 1.54) is 0 Å². The van der Waals surface area contributed by atoms with Gasteiger partial charge in [0.15, 0.2) is 5.78 Å². The van der Waals surface area contributed by atoms with Gasteiger partial charge in [0.1, 0.15) is 0 Å². The van der Waals surface area contributed by atoms with E-state index in [0.717, 1.165) is 0 Å². The van der Waals surface area contributed by atoms with Crippen LogP contribution in [0.4, 0.5) is 0 Å². The number of hydrogen-bond acceptors (Lipinski definition) is 2. The highest BCUT2D eigenvalue weighted by atomic mass is 35.5. The van der Waals surface area contributed by atoms with Gasteiger partial charge in [0.25, 0.3) is 0 Å². The Morgan fingerprint density at radius 3 is 2.20 bits per heavy atom. The van der Waals surface area contributed by atoms with Crippen LogP contribution < -0.4 is 0 Å². The zero-order valence-electron chi connectivity index (χ0n) is 10.9. The predicted octanol–water partition coefficient (Wildman–Crippen LogP) is 4.67. The molecule has 2 aromatic rings. The van der Waals surface area contributed by atoms with Crippen LogP contribution in [0.2, 0.25) is 10.0 Å². The van der Waals surface area contributed by atoms with Crippen LogP contribution in [0.1, 0.15) is 40.9 Å². The number of benzene rings is 2. The number of aliphatic hydroxyl groups is 1. The largest absolute Gasteiger partial charge is 0.388 e. The topological polar surface area (TPSA) is 37.3 Å². The molecule has 2 aromatic carbocycles. The fourth-order valence-electron chi connectivity index (χ4n) is 1.97. The van der Waals surface area contributed by atoms with Crippen molar-refractivity contribution in [2.75, 3.05) is 0 Å². The summed E-state index contributed by atoms with van der Waals surface area (Å²) >= 11 is 12.3. The van der Waals surface area contributed by atoms with Gasteiger partial charge in [-0.05, 0) is 24.1 Å². The average molecular weight is 309 g/mol. The molecule has 0 heterocycles. The van der Waals surface area contributed by atoms with Gasteiger partial charge in [0.05, 0.1) is 21.7 Å². The van der Waals surface area contributed by atoms with E-state index in [9.17, 15) is 9.90 Å². The van der Waals surface area contributed by atoms with Crippen molar-refractivity contribution in [3.05, 3.63) is 69.2 Å². The molecular formula is C16H14Cl2O2. The van der Waals surface area contributed by atoms with Crippen molar-refractivity contribution in [1.29, 1.82) is 0 Å². The van der Waals surface area contributed by atoms with Gasteiger partial charge < -0.3 is 5.11 Å². The Balaban J connectivity index is 2.46. The summed E-state index contributed by atoms with van der Waals surface area (Å²) in [5.41, 5.74) is 1.42. The van der Waals surface area contributed by atoms with Crippen molar-refractivity contribution in [3.8, 4) is 0 Å². The summed E-state index contributed by atoms with van der Waals surface area (Å²) in [7, 11) is 0. The summed E-state index contributed by atoms with van der Waals surface area (Å²) < 4.78 is 0. The fraction of sp³-hybridized carbons (Fsp3) is 0.188. The van der Waals surface area contributed by atoms with E-state index < -0.39 is 6.10 Å². The molecule has 1 atom stereocenters. The Kier molecular flexibility index (Phi) is 4.81. The highest BCUT2D eigenvalue weighted by Gasteiger charge is 2.19. The van der Waals surface area contributed by atoms with Crippen molar-refractivity contribution in [3.63, 3.8) is 0 Å². The van der Waals surface area contributed by atoms with Crippen molar-refractivity contribution in [2.45, 2.75) is 19.4 Å². The molecule has 0 aromatic heterocycles. The number of rotatable bonds is 4. The van der Waals surface area contributed by atoms with Gasteiger partial charge in [0, 0.05) is 5.56 Å². The summed E-state index contributed by atoms with van der Waals surface area (Å²) in [6, 6.07) is 12.0. The lowest BCUT2D eigenvalue weighted by molar-refractivity contribution is 0.103. The Labute approximate surface area is 128 Å². The second-order valence-electron chi connectivity index (χ2n) is 4.48. The van der Waals surface area contributed by atoms with Crippen LogP contribution in [0, 0.1) is 0 Å². The number of ketones is 1. The highest BCUT2D eigenvalue weighted by molar-refractivity contribution is 6.41. The summed E-state index contributed by atoms with van der Waals surface area (Å²) in [5, 5.41) is 10.3. The molecule has 2 nitrogen and oxygen atoms in total. The lowest BCUT2D eigenvalue weighted by atomic mass is 9.99. The molecule has 0 unspecified atom stereocenters. The molecule has 20 heavy (non-hydrogen) atoms. The number of carbonyl (C=O) groups is 1. The average Bonchev–Trinajstić information content (AvgIpc) is 2.46. The molecule has 0 bridgehead atoms. The van der Waals surface area contributed by atoms with Gasteiger partial charge in [-0.3, -0.25) is 4.79 Å². The third-order valence-corrected chi connectivity index (χ3v) is 3.70. The molecule has 1 N–H and O–H groups in total. The van der Waals surface area contributed by atoms with Crippen LogP contribution in [-0.4, -0.2) is 10.9 Å². The quantitative estimate of drug-likeness (QED) is 0.833. The van der Waals surface area contributed by atoms with Crippen LogP contribution in [-0.2, 0) is 0 Å². The zero-order chi connectivity index (χ0) is 14.7. The number of halogens is 2. The second kappa shape index (κ2) is 6.40. The van der Waals surface area contributed by atoms with E-state index in [-0.39, 0.29) is 21.4 Å². The molecule has 104 valence electrons. The van der Waals surface area contributed by atoms with Crippen LogP contribution >= 0.6 is 23.2 Å². The van der Waals surface area contributed by atoms with Gasteiger partial charge >= 0.3 is 0 Å². The van der Waals surface area contributed by atoms with E-state index in [1.807, 2.05) is 13.0 Å². The lowest BCUT2D eigenvalue weighted by Gasteiger charge is -2.12. The molecule has 4 heteroatoms. The van der Waals surface area contributed by atoms with Gasteiger partial charge in [-0.1, -0.05) is 60.5 Å². The monoisotopic (exact) mass is 308 g/mol. The van der Waals surface area contributed by atoms with Crippen molar-refractivity contribution in [2.24, 2.45) is 0 Å². The van der Waals surface area contributed by atoms with Crippen molar-refractivity contribution < 1.29 is 9.90 Å². The first kappa shape index (κ1) is 15.0. The number of aliphatic hydroxyl groups excluding tert-OH is 1. The summed E-state index contributed by atoms with van der Waals surface area (Å²) in [5.74, 6) is -0.224. The molecular weight excluding hydrogens is 295 g/mol. The Bertz CT molecular complexity index is 601. The first-order valence-corrected chi connectivity index (χ1v) is 7.07. The number of hydrogen-bond donors (Lipinski definition) is 1. The molecule has 0 spiro atoms. The third kappa shape index (κ3) is 3.04. The lowest BCUT2D eigenvalue weighted by Crippen LogP contribution is -2.05. The molecule has 0 amide bonds. The molecule has 0 aliphatic rings. The maximum atomic E-state index is 12.4. The van der Waals surface area contributed by atoms with Gasteiger partial charge in [-0.2, -0.15) is 0 Å². The van der Waals surface area contributed by atoms with Crippen LogP contribution in [0.5, 0.6) is 0 Å². The SMILES string of the molecule is CC[C@@H](O)c1cc(Cl)c(C(=O)c2ccccc2)c(Cl)c1. The molecule has 0 fully saturated rings. The minimum Gasteiger partial charge on any atom is -0.388 e. The Morgan fingerprint density at radius 2 is 1.70 bits per heavy atom. The first-order valence-electron chi connectivity index (χ1n) is 6.31. The molecule has 0 aliphatic carbocycles. The van der Waals surface area contributed by atoms with Crippen LogP contribution in [0.25, 0.3) is 0 Å². The first-order chi connectivity index (χ1) is 9.54. The molecule has 2 rings (SSSR count). The maximum Gasteiger partial charge on any atom is 0.196 e.